The largest absolute Gasteiger partial charge is 0.376 e. The average Bonchev–Trinajstić information content (AvgIpc) is 2.30. The summed E-state index contributed by atoms with van der Waals surface area (Å²) >= 11 is 0. The molecule has 0 saturated heterocycles. The fourth-order valence-electron chi connectivity index (χ4n) is 2.56. The van der Waals surface area contributed by atoms with Crippen molar-refractivity contribution in [1.29, 1.82) is 0 Å². The molecule has 1 saturated carbocycles. The molecular weight excluding hydrogens is 234 g/mol. The molecule has 0 bridgehead atoms. The second-order valence-corrected chi connectivity index (χ2v) is 5.74. The van der Waals surface area contributed by atoms with Crippen LogP contribution in [-0.2, 0) is 4.74 Å². The zero-order valence-electron chi connectivity index (χ0n) is 12.1. The van der Waals surface area contributed by atoms with E-state index in [2.05, 4.69) is 43.1 Å². The maximum absolute atomic E-state index is 5.48. The molecule has 19 heavy (non-hydrogen) atoms. The van der Waals surface area contributed by atoms with E-state index in [0.29, 0.717) is 12.6 Å². The first-order valence-electron chi connectivity index (χ1n) is 7.17. The summed E-state index contributed by atoms with van der Waals surface area (Å²) in [7, 11) is 0. The second-order valence-electron chi connectivity index (χ2n) is 5.74. The number of rotatable bonds is 7. The molecule has 0 amide bonds. The third-order valence-corrected chi connectivity index (χ3v) is 3.68. The Hall–Kier alpha value is -1.12. The molecule has 1 N–H and O–H groups in total. The van der Waals surface area contributed by atoms with Crippen molar-refractivity contribution in [2.75, 3.05) is 19.8 Å². The summed E-state index contributed by atoms with van der Waals surface area (Å²) in [5, 5.41) is 3.55. The second kappa shape index (κ2) is 6.88. The van der Waals surface area contributed by atoms with Crippen LogP contribution in [0.1, 0.15) is 36.8 Å². The molecule has 104 valence electrons. The van der Waals surface area contributed by atoms with Gasteiger partial charge in [0.2, 0.25) is 0 Å². The van der Waals surface area contributed by atoms with Gasteiger partial charge in [-0.1, -0.05) is 42.0 Å². The van der Waals surface area contributed by atoms with Gasteiger partial charge in [-0.2, -0.15) is 0 Å². The van der Waals surface area contributed by atoms with Crippen LogP contribution in [0.2, 0.25) is 0 Å². The molecule has 2 rings (SSSR count). The normalized spacial score (nSPS) is 22.0. The summed E-state index contributed by atoms with van der Waals surface area (Å²) in [5.74, 6) is 0.744. The van der Waals surface area contributed by atoms with E-state index in [0.717, 1.165) is 24.6 Å². The minimum atomic E-state index is 0.666. The monoisotopic (exact) mass is 259 g/mol. The molecule has 0 aromatic heterocycles. The summed E-state index contributed by atoms with van der Waals surface area (Å²) < 4.78 is 5.48. The fraction of sp³-hybridized carbons (Fsp3) is 0.529. The van der Waals surface area contributed by atoms with Crippen LogP contribution in [0.25, 0.3) is 0 Å². The molecule has 1 aliphatic carbocycles. The highest BCUT2D eigenvalue weighted by Crippen LogP contribution is 2.36. The van der Waals surface area contributed by atoms with Crippen LogP contribution in [0.15, 0.2) is 36.4 Å². The third-order valence-electron chi connectivity index (χ3n) is 3.68. The van der Waals surface area contributed by atoms with Gasteiger partial charge in [-0.05, 0) is 38.2 Å². The molecule has 0 aliphatic heterocycles. The molecule has 0 atom stereocenters. The lowest BCUT2D eigenvalue weighted by Gasteiger charge is -2.36. The van der Waals surface area contributed by atoms with E-state index < -0.39 is 0 Å². The van der Waals surface area contributed by atoms with E-state index in [-0.39, 0.29) is 0 Å². The van der Waals surface area contributed by atoms with E-state index in [1.807, 2.05) is 6.92 Å². The van der Waals surface area contributed by atoms with Crippen molar-refractivity contribution in [1.82, 2.24) is 5.32 Å². The van der Waals surface area contributed by atoms with Crippen molar-refractivity contribution in [3.8, 4) is 0 Å². The van der Waals surface area contributed by atoms with Gasteiger partial charge in [-0.25, -0.2) is 0 Å². The predicted octanol–water partition coefficient (Wildman–Crippen LogP) is 3.42. The van der Waals surface area contributed by atoms with Crippen LogP contribution in [0.4, 0.5) is 0 Å². The van der Waals surface area contributed by atoms with Crippen molar-refractivity contribution < 1.29 is 4.74 Å². The Labute approximate surface area is 116 Å². The van der Waals surface area contributed by atoms with Gasteiger partial charge in [0.05, 0.1) is 13.2 Å². The smallest absolute Gasteiger partial charge is 0.0672 e. The van der Waals surface area contributed by atoms with Gasteiger partial charge in [0.25, 0.3) is 0 Å². The summed E-state index contributed by atoms with van der Waals surface area (Å²) in [4.78, 5) is 0. The molecule has 1 aliphatic rings. The Morgan fingerprint density at radius 3 is 2.89 bits per heavy atom. The zero-order chi connectivity index (χ0) is 13.7. The van der Waals surface area contributed by atoms with Crippen molar-refractivity contribution >= 4 is 0 Å². The molecule has 0 heterocycles. The number of ether oxygens (including phenoxy) is 1. The Morgan fingerprint density at radius 1 is 1.42 bits per heavy atom. The topological polar surface area (TPSA) is 21.3 Å². The van der Waals surface area contributed by atoms with Crippen LogP contribution in [-0.4, -0.2) is 25.8 Å². The Bertz CT molecular complexity index is 421. The van der Waals surface area contributed by atoms with Crippen LogP contribution in [0.3, 0.4) is 0 Å². The molecule has 0 radical (unpaired) electrons. The molecule has 1 aromatic rings. The molecule has 2 nitrogen and oxygen atoms in total. The summed E-state index contributed by atoms with van der Waals surface area (Å²) in [6.07, 6.45) is 2.51. The first-order chi connectivity index (χ1) is 9.15. The Balaban J connectivity index is 1.60. The first kappa shape index (κ1) is 14.3. The summed E-state index contributed by atoms with van der Waals surface area (Å²) in [6.45, 7) is 10.4. The number of nitrogens with one attached hydrogen (secondary N) is 1. The van der Waals surface area contributed by atoms with E-state index in [1.165, 1.54) is 24.0 Å². The van der Waals surface area contributed by atoms with Crippen molar-refractivity contribution in [3.63, 3.8) is 0 Å². The minimum absolute atomic E-state index is 0.666. The molecule has 2 heteroatoms. The lowest BCUT2D eigenvalue weighted by Crippen LogP contribution is -2.41. The molecule has 1 aromatic carbocycles. The standard InChI is InChI=1S/C17H25NO/c1-13(2)12-19-8-7-18-17-10-16(11-17)15-6-4-5-14(3)9-15/h4-6,9,16-18H,1,7-8,10-12H2,2-3H3. The number of benzene rings is 1. The van der Waals surface area contributed by atoms with Crippen LogP contribution < -0.4 is 5.32 Å². The fourth-order valence-corrected chi connectivity index (χ4v) is 2.56. The highest BCUT2D eigenvalue weighted by atomic mass is 16.5. The lowest BCUT2D eigenvalue weighted by molar-refractivity contribution is 0.148. The van der Waals surface area contributed by atoms with Gasteiger partial charge in [0.1, 0.15) is 0 Å². The third kappa shape index (κ3) is 4.48. The van der Waals surface area contributed by atoms with Crippen molar-refractivity contribution in [2.45, 2.75) is 38.6 Å². The zero-order valence-corrected chi connectivity index (χ0v) is 12.1. The van der Waals surface area contributed by atoms with E-state index >= 15 is 0 Å². The van der Waals surface area contributed by atoms with E-state index in [9.17, 15) is 0 Å². The van der Waals surface area contributed by atoms with Gasteiger partial charge >= 0.3 is 0 Å². The van der Waals surface area contributed by atoms with Gasteiger partial charge in [0, 0.05) is 12.6 Å². The Morgan fingerprint density at radius 2 is 2.21 bits per heavy atom. The maximum atomic E-state index is 5.48. The van der Waals surface area contributed by atoms with Gasteiger partial charge < -0.3 is 10.1 Å². The molecule has 0 spiro atoms. The van der Waals surface area contributed by atoms with Gasteiger partial charge in [0.15, 0.2) is 0 Å². The van der Waals surface area contributed by atoms with Crippen LogP contribution in [0, 0.1) is 6.92 Å². The predicted molar refractivity (Wildman–Crippen MR) is 80.6 cm³/mol. The van der Waals surface area contributed by atoms with Crippen LogP contribution in [0.5, 0.6) is 0 Å². The van der Waals surface area contributed by atoms with Gasteiger partial charge in [-0.3, -0.25) is 0 Å². The van der Waals surface area contributed by atoms with Crippen molar-refractivity contribution in [2.24, 2.45) is 0 Å². The SMILES string of the molecule is C=C(C)COCCNC1CC(c2cccc(C)c2)C1. The van der Waals surface area contributed by atoms with E-state index in [4.69, 9.17) is 4.74 Å². The highest BCUT2D eigenvalue weighted by molar-refractivity contribution is 5.27. The average molecular weight is 259 g/mol. The first-order valence-corrected chi connectivity index (χ1v) is 7.17. The van der Waals surface area contributed by atoms with Crippen LogP contribution >= 0.6 is 0 Å². The summed E-state index contributed by atoms with van der Waals surface area (Å²) in [6, 6.07) is 9.56. The molecule has 0 unspecified atom stereocenters. The lowest BCUT2D eigenvalue weighted by atomic mass is 9.75. The number of aryl methyl sites for hydroxylation is 1. The Kier molecular flexibility index (Phi) is 5.17. The number of hydrogen-bond acceptors (Lipinski definition) is 2. The number of hydrogen-bond donors (Lipinski definition) is 1. The summed E-state index contributed by atoms with van der Waals surface area (Å²) in [5.41, 5.74) is 3.95. The van der Waals surface area contributed by atoms with Gasteiger partial charge in [-0.15, -0.1) is 0 Å². The molecule has 1 fully saturated rings. The maximum Gasteiger partial charge on any atom is 0.0672 e. The van der Waals surface area contributed by atoms with E-state index in [1.54, 1.807) is 0 Å². The van der Waals surface area contributed by atoms with Crippen molar-refractivity contribution in [3.05, 3.63) is 47.5 Å². The minimum Gasteiger partial charge on any atom is -0.376 e. The quantitative estimate of drug-likeness (QED) is 0.598. The molecular formula is C17H25NO. The highest BCUT2D eigenvalue weighted by Gasteiger charge is 2.29.